The maximum Gasteiger partial charge on any atom is 0.121 e. The minimum absolute atomic E-state index is 0.717. The molecule has 0 amide bonds. The number of methoxy groups -OCH3 is 1. The van der Waals surface area contributed by atoms with E-state index in [4.69, 9.17) is 16.3 Å². The highest BCUT2D eigenvalue weighted by Crippen LogP contribution is 2.41. The Morgan fingerprint density at radius 1 is 1.20 bits per heavy atom. The summed E-state index contributed by atoms with van der Waals surface area (Å²) in [5, 5.41) is 4.13. The number of ether oxygens (including phenoxy) is 1. The van der Waals surface area contributed by atoms with Crippen molar-refractivity contribution in [2.24, 2.45) is 0 Å². The summed E-state index contributed by atoms with van der Waals surface area (Å²) in [6, 6.07) is 14.3. The first-order valence-electron chi connectivity index (χ1n) is 6.93. The van der Waals surface area contributed by atoms with Gasteiger partial charge in [0.15, 0.2) is 0 Å². The second kappa shape index (κ2) is 5.76. The van der Waals surface area contributed by atoms with E-state index in [1.165, 1.54) is 24.0 Å². The van der Waals surface area contributed by atoms with E-state index in [1.807, 2.05) is 18.2 Å². The normalized spacial score (nSPS) is 14.1. The van der Waals surface area contributed by atoms with E-state index >= 15 is 0 Å². The number of halogens is 1. The minimum Gasteiger partial charge on any atom is -0.497 e. The number of anilines is 1. The van der Waals surface area contributed by atoms with E-state index in [9.17, 15) is 0 Å². The van der Waals surface area contributed by atoms with Crippen LogP contribution in [0, 0.1) is 0 Å². The van der Waals surface area contributed by atoms with Gasteiger partial charge in [0.1, 0.15) is 5.75 Å². The van der Waals surface area contributed by atoms with E-state index in [1.54, 1.807) is 7.11 Å². The van der Waals surface area contributed by atoms with Gasteiger partial charge in [-0.2, -0.15) is 0 Å². The molecule has 2 aromatic carbocycles. The summed E-state index contributed by atoms with van der Waals surface area (Å²) in [4.78, 5) is 0. The van der Waals surface area contributed by atoms with E-state index in [0.717, 1.165) is 28.9 Å². The Balaban J connectivity index is 1.76. The molecule has 1 aliphatic carbocycles. The van der Waals surface area contributed by atoms with Crippen LogP contribution in [0.1, 0.15) is 29.9 Å². The molecular formula is C17H18ClNO. The number of nitrogens with one attached hydrogen (secondary N) is 1. The van der Waals surface area contributed by atoms with Gasteiger partial charge in [0.05, 0.1) is 17.8 Å². The quantitative estimate of drug-likeness (QED) is 0.850. The summed E-state index contributed by atoms with van der Waals surface area (Å²) >= 11 is 6.22. The van der Waals surface area contributed by atoms with Crippen LogP contribution in [0.4, 0.5) is 5.69 Å². The van der Waals surface area contributed by atoms with Crippen molar-refractivity contribution < 1.29 is 4.74 Å². The molecule has 20 heavy (non-hydrogen) atoms. The zero-order chi connectivity index (χ0) is 13.9. The van der Waals surface area contributed by atoms with Crippen LogP contribution in [-0.2, 0) is 6.54 Å². The van der Waals surface area contributed by atoms with Gasteiger partial charge >= 0.3 is 0 Å². The fourth-order valence-corrected chi connectivity index (χ4v) is 2.63. The van der Waals surface area contributed by atoms with Gasteiger partial charge in [0.25, 0.3) is 0 Å². The number of hydrogen-bond acceptors (Lipinski definition) is 2. The van der Waals surface area contributed by atoms with Crippen LogP contribution in [0.15, 0.2) is 42.5 Å². The molecule has 1 N–H and O–H groups in total. The van der Waals surface area contributed by atoms with Crippen molar-refractivity contribution in [2.75, 3.05) is 12.4 Å². The molecule has 0 saturated heterocycles. The van der Waals surface area contributed by atoms with E-state index in [2.05, 4.69) is 29.6 Å². The molecule has 0 bridgehead atoms. The molecule has 0 aromatic heterocycles. The molecule has 1 aliphatic rings. The van der Waals surface area contributed by atoms with Gasteiger partial charge in [-0.05, 0) is 42.0 Å². The van der Waals surface area contributed by atoms with Gasteiger partial charge in [-0.15, -0.1) is 0 Å². The van der Waals surface area contributed by atoms with Crippen molar-refractivity contribution in [3.63, 3.8) is 0 Å². The lowest BCUT2D eigenvalue weighted by atomic mass is 10.0. The molecular weight excluding hydrogens is 270 g/mol. The van der Waals surface area contributed by atoms with Gasteiger partial charge in [-0.25, -0.2) is 0 Å². The molecule has 3 rings (SSSR count). The number of rotatable bonds is 5. The molecule has 104 valence electrons. The van der Waals surface area contributed by atoms with E-state index in [0.29, 0.717) is 0 Å². The lowest BCUT2D eigenvalue weighted by Gasteiger charge is -2.13. The maximum atomic E-state index is 6.22. The molecule has 0 radical (unpaired) electrons. The van der Waals surface area contributed by atoms with Crippen molar-refractivity contribution in [3.8, 4) is 5.75 Å². The highest BCUT2D eigenvalue weighted by Gasteiger charge is 2.25. The highest BCUT2D eigenvalue weighted by atomic mass is 35.5. The van der Waals surface area contributed by atoms with Crippen LogP contribution in [0.5, 0.6) is 5.75 Å². The second-order valence-electron chi connectivity index (χ2n) is 5.17. The van der Waals surface area contributed by atoms with Crippen molar-refractivity contribution in [1.29, 1.82) is 0 Å². The van der Waals surface area contributed by atoms with Gasteiger partial charge < -0.3 is 10.1 Å². The SMILES string of the molecule is COc1ccc(Cl)c(NCc2ccccc2C2CC2)c1. The largest absolute Gasteiger partial charge is 0.497 e. The molecule has 1 fully saturated rings. The van der Waals surface area contributed by atoms with Crippen LogP contribution in [0.3, 0.4) is 0 Å². The molecule has 0 aliphatic heterocycles. The smallest absolute Gasteiger partial charge is 0.121 e. The molecule has 0 spiro atoms. The molecule has 3 heteroatoms. The predicted molar refractivity (Wildman–Crippen MR) is 83.7 cm³/mol. The summed E-state index contributed by atoms with van der Waals surface area (Å²) < 4.78 is 5.24. The molecule has 2 nitrogen and oxygen atoms in total. The lowest BCUT2D eigenvalue weighted by molar-refractivity contribution is 0.415. The average Bonchev–Trinajstić information content (AvgIpc) is 3.31. The predicted octanol–water partition coefficient (Wildman–Crippen LogP) is 4.84. The van der Waals surface area contributed by atoms with Crippen molar-refractivity contribution in [3.05, 3.63) is 58.6 Å². The molecule has 0 heterocycles. The Kier molecular flexibility index (Phi) is 3.83. The number of hydrogen-bond donors (Lipinski definition) is 1. The van der Waals surface area contributed by atoms with E-state index < -0.39 is 0 Å². The standard InChI is InChI=1S/C17H18ClNO/c1-20-14-8-9-16(18)17(10-14)19-11-13-4-2-3-5-15(13)12-6-7-12/h2-5,8-10,12,19H,6-7,11H2,1H3. The zero-order valence-corrected chi connectivity index (χ0v) is 12.3. The summed E-state index contributed by atoms with van der Waals surface area (Å²) in [7, 11) is 1.66. The summed E-state index contributed by atoms with van der Waals surface area (Å²) in [5.41, 5.74) is 3.74. The van der Waals surface area contributed by atoms with Crippen molar-refractivity contribution in [2.45, 2.75) is 25.3 Å². The minimum atomic E-state index is 0.717. The van der Waals surface area contributed by atoms with Crippen LogP contribution in [-0.4, -0.2) is 7.11 Å². The van der Waals surface area contributed by atoms with Gasteiger partial charge in [-0.3, -0.25) is 0 Å². The van der Waals surface area contributed by atoms with Crippen molar-refractivity contribution >= 4 is 17.3 Å². The topological polar surface area (TPSA) is 21.3 Å². The first kappa shape index (κ1) is 13.3. The van der Waals surface area contributed by atoms with Gasteiger partial charge in [0, 0.05) is 12.6 Å². The third-order valence-electron chi connectivity index (χ3n) is 3.72. The fraction of sp³-hybridized carbons (Fsp3) is 0.294. The van der Waals surface area contributed by atoms with Crippen LogP contribution >= 0.6 is 11.6 Å². The van der Waals surface area contributed by atoms with Crippen LogP contribution in [0.25, 0.3) is 0 Å². The van der Waals surface area contributed by atoms with Gasteiger partial charge in [-0.1, -0.05) is 35.9 Å². The maximum absolute atomic E-state index is 6.22. The summed E-state index contributed by atoms with van der Waals surface area (Å²) in [6.07, 6.45) is 2.63. The first-order valence-corrected chi connectivity index (χ1v) is 7.31. The Hall–Kier alpha value is -1.67. The Morgan fingerprint density at radius 2 is 2.00 bits per heavy atom. The third kappa shape index (κ3) is 2.91. The molecule has 0 atom stereocenters. The lowest BCUT2D eigenvalue weighted by Crippen LogP contribution is -2.03. The Morgan fingerprint density at radius 3 is 2.75 bits per heavy atom. The van der Waals surface area contributed by atoms with Gasteiger partial charge in [0.2, 0.25) is 0 Å². The van der Waals surface area contributed by atoms with Crippen LogP contribution < -0.4 is 10.1 Å². The Labute approximate surface area is 124 Å². The first-order chi connectivity index (χ1) is 9.78. The third-order valence-corrected chi connectivity index (χ3v) is 4.04. The van der Waals surface area contributed by atoms with E-state index in [-0.39, 0.29) is 0 Å². The monoisotopic (exact) mass is 287 g/mol. The average molecular weight is 288 g/mol. The van der Waals surface area contributed by atoms with Crippen molar-refractivity contribution in [1.82, 2.24) is 0 Å². The zero-order valence-electron chi connectivity index (χ0n) is 11.5. The highest BCUT2D eigenvalue weighted by molar-refractivity contribution is 6.33. The Bertz CT molecular complexity index is 608. The second-order valence-corrected chi connectivity index (χ2v) is 5.58. The molecule has 1 saturated carbocycles. The summed E-state index contributed by atoms with van der Waals surface area (Å²) in [6.45, 7) is 0.791. The van der Waals surface area contributed by atoms with Crippen LogP contribution in [0.2, 0.25) is 5.02 Å². The number of benzene rings is 2. The molecule has 0 unspecified atom stereocenters. The summed E-state index contributed by atoms with van der Waals surface area (Å²) in [5.74, 6) is 1.57. The molecule has 2 aromatic rings. The fourth-order valence-electron chi connectivity index (χ4n) is 2.45.